The zero-order valence-electron chi connectivity index (χ0n) is 17.1. The summed E-state index contributed by atoms with van der Waals surface area (Å²) in [5, 5.41) is 11.6. The summed E-state index contributed by atoms with van der Waals surface area (Å²) in [5.41, 5.74) is 0.250. The number of benzene rings is 2. The van der Waals surface area contributed by atoms with E-state index < -0.39 is 34.2 Å². The molecule has 2 aliphatic rings. The molecule has 9 heteroatoms. The Morgan fingerprint density at radius 3 is 2.50 bits per heavy atom. The Bertz CT molecular complexity index is 1170. The summed E-state index contributed by atoms with van der Waals surface area (Å²) in [7, 11) is 0. The second-order valence-corrected chi connectivity index (χ2v) is 8.00. The van der Waals surface area contributed by atoms with Gasteiger partial charge in [-0.3, -0.25) is 24.6 Å². The number of rotatable bonds is 3. The summed E-state index contributed by atoms with van der Waals surface area (Å²) < 4.78 is 39.3. The van der Waals surface area contributed by atoms with Crippen LogP contribution in [0.3, 0.4) is 0 Å². The highest BCUT2D eigenvalue weighted by atomic mass is 19.4. The molecule has 1 heterocycles. The minimum Gasteiger partial charge on any atom is -0.294 e. The molecular formula is C23H19F3N2O4. The van der Waals surface area contributed by atoms with Gasteiger partial charge in [-0.05, 0) is 37.5 Å². The second-order valence-electron chi connectivity index (χ2n) is 8.00. The number of nitro groups is 1. The van der Waals surface area contributed by atoms with Gasteiger partial charge in [-0.2, -0.15) is 13.2 Å². The second kappa shape index (κ2) is 7.89. The van der Waals surface area contributed by atoms with E-state index in [9.17, 15) is 32.9 Å². The van der Waals surface area contributed by atoms with Crippen molar-refractivity contribution in [1.29, 1.82) is 0 Å². The number of hydrogen-bond acceptors (Lipinski definition) is 4. The first kappa shape index (κ1) is 21.7. The standard InChI is InChI=1S/C23H19F3N2O4/c1-13-4-2-5-14(10-13)16-12-21(30)27(18-6-3-7-20(29)22(16)18)17-9-8-15(23(24,25)26)11-19(17)28(31)32/h2,4-5,8-11,16H,3,6-7,12H2,1H3. The lowest BCUT2D eigenvalue weighted by molar-refractivity contribution is -0.384. The van der Waals surface area contributed by atoms with Crippen LogP contribution in [0.5, 0.6) is 0 Å². The molecule has 166 valence electrons. The molecule has 4 rings (SSSR count). The minimum atomic E-state index is -4.77. The van der Waals surface area contributed by atoms with Crippen LogP contribution in [0.1, 0.15) is 48.3 Å². The SMILES string of the molecule is Cc1cccc(C2CC(=O)N(c3ccc(C(F)(F)F)cc3[N+](=O)[O-])C3=C2C(=O)CCC3)c1. The average Bonchev–Trinajstić information content (AvgIpc) is 2.72. The number of nitrogens with zero attached hydrogens (tertiary/aromatic N) is 2. The molecule has 0 bridgehead atoms. The highest BCUT2D eigenvalue weighted by Crippen LogP contribution is 2.46. The van der Waals surface area contributed by atoms with Crippen LogP contribution in [-0.2, 0) is 15.8 Å². The number of Topliss-reactive ketones (excluding diaryl/α,β-unsaturated/α-hetero) is 1. The molecule has 0 spiro atoms. The number of hydrogen-bond donors (Lipinski definition) is 0. The highest BCUT2D eigenvalue weighted by Gasteiger charge is 2.42. The fourth-order valence-electron chi connectivity index (χ4n) is 4.48. The summed E-state index contributed by atoms with van der Waals surface area (Å²) in [4.78, 5) is 37.9. The van der Waals surface area contributed by atoms with E-state index in [4.69, 9.17) is 0 Å². The van der Waals surface area contributed by atoms with E-state index in [0.29, 0.717) is 36.2 Å². The third-order valence-corrected chi connectivity index (χ3v) is 5.86. The van der Waals surface area contributed by atoms with Crippen molar-refractivity contribution in [3.63, 3.8) is 0 Å². The number of aryl methyl sites for hydroxylation is 1. The van der Waals surface area contributed by atoms with Crippen molar-refractivity contribution in [3.05, 3.63) is 80.5 Å². The van der Waals surface area contributed by atoms with Crippen molar-refractivity contribution in [2.75, 3.05) is 4.90 Å². The third kappa shape index (κ3) is 3.79. The topological polar surface area (TPSA) is 80.5 Å². The first-order valence-corrected chi connectivity index (χ1v) is 10.1. The molecular weight excluding hydrogens is 425 g/mol. The maximum Gasteiger partial charge on any atom is 0.416 e. The highest BCUT2D eigenvalue weighted by molar-refractivity contribution is 6.08. The van der Waals surface area contributed by atoms with Gasteiger partial charge in [0.25, 0.3) is 5.69 Å². The van der Waals surface area contributed by atoms with E-state index in [1.807, 2.05) is 31.2 Å². The summed E-state index contributed by atoms with van der Waals surface area (Å²) in [6, 6.07) is 9.52. The van der Waals surface area contributed by atoms with Crippen LogP contribution in [-0.4, -0.2) is 16.6 Å². The van der Waals surface area contributed by atoms with Crippen molar-refractivity contribution >= 4 is 23.1 Å². The van der Waals surface area contributed by atoms with E-state index >= 15 is 0 Å². The Balaban J connectivity index is 1.90. The molecule has 1 aliphatic carbocycles. The lowest BCUT2D eigenvalue weighted by Gasteiger charge is -2.38. The fraction of sp³-hybridized carbons (Fsp3) is 0.304. The zero-order valence-corrected chi connectivity index (χ0v) is 17.1. The van der Waals surface area contributed by atoms with Crippen LogP contribution in [0.25, 0.3) is 0 Å². The van der Waals surface area contributed by atoms with Crippen molar-refractivity contribution in [2.24, 2.45) is 0 Å². The van der Waals surface area contributed by atoms with Gasteiger partial charge in [0.1, 0.15) is 5.69 Å². The number of halogens is 3. The lowest BCUT2D eigenvalue weighted by Crippen LogP contribution is -2.40. The number of nitro benzene ring substituents is 1. The number of amides is 1. The Morgan fingerprint density at radius 1 is 1.09 bits per heavy atom. The fourth-order valence-corrected chi connectivity index (χ4v) is 4.48. The van der Waals surface area contributed by atoms with E-state index in [2.05, 4.69) is 0 Å². The van der Waals surface area contributed by atoms with E-state index in [1.165, 1.54) is 0 Å². The van der Waals surface area contributed by atoms with Crippen molar-refractivity contribution in [2.45, 2.75) is 44.7 Å². The first-order valence-electron chi connectivity index (χ1n) is 10.1. The Kier molecular flexibility index (Phi) is 5.36. The maximum atomic E-state index is 13.2. The van der Waals surface area contributed by atoms with E-state index in [0.717, 1.165) is 22.1 Å². The molecule has 1 aliphatic heterocycles. The summed E-state index contributed by atoms with van der Waals surface area (Å²) in [6.07, 6.45) is -3.80. The Labute approximate surface area is 181 Å². The van der Waals surface area contributed by atoms with Gasteiger partial charge in [-0.15, -0.1) is 0 Å². The van der Waals surface area contributed by atoms with Gasteiger partial charge < -0.3 is 0 Å². The summed E-state index contributed by atoms with van der Waals surface area (Å²) in [5.74, 6) is -1.13. The van der Waals surface area contributed by atoms with Gasteiger partial charge in [0.05, 0.1) is 10.5 Å². The zero-order chi connectivity index (χ0) is 23.2. The number of carbonyl (C=O) groups excluding carboxylic acids is 2. The van der Waals surface area contributed by atoms with Crippen LogP contribution in [0.4, 0.5) is 24.5 Å². The van der Waals surface area contributed by atoms with E-state index in [-0.39, 0.29) is 24.3 Å². The molecule has 2 aromatic rings. The van der Waals surface area contributed by atoms with Gasteiger partial charge in [0.2, 0.25) is 5.91 Å². The van der Waals surface area contributed by atoms with Gasteiger partial charge in [-0.25, -0.2) is 0 Å². The maximum absolute atomic E-state index is 13.2. The molecule has 1 unspecified atom stereocenters. The normalized spacial score (nSPS) is 19.2. The summed E-state index contributed by atoms with van der Waals surface area (Å²) >= 11 is 0. The average molecular weight is 444 g/mol. The summed E-state index contributed by atoms with van der Waals surface area (Å²) in [6.45, 7) is 1.89. The van der Waals surface area contributed by atoms with Crippen molar-refractivity contribution < 1.29 is 27.7 Å². The predicted molar refractivity (Wildman–Crippen MR) is 110 cm³/mol. The van der Waals surface area contributed by atoms with Crippen LogP contribution in [0.15, 0.2) is 53.7 Å². The van der Waals surface area contributed by atoms with Gasteiger partial charge >= 0.3 is 6.18 Å². The van der Waals surface area contributed by atoms with Crippen LogP contribution in [0.2, 0.25) is 0 Å². The molecule has 0 fully saturated rings. The first-order chi connectivity index (χ1) is 15.1. The van der Waals surface area contributed by atoms with Crippen LogP contribution < -0.4 is 4.90 Å². The number of allylic oxidation sites excluding steroid dienone is 2. The molecule has 2 aromatic carbocycles. The van der Waals surface area contributed by atoms with Gasteiger partial charge in [-0.1, -0.05) is 29.8 Å². The number of alkyl halides is 3. The molecule has 0 saturated heterocycles. The lowest BCUT2D eigenvalue weighted by atomic mass is 9.77. The van der Waals surface area contributed by atoms with Crippen molar-refractivity contribution in [1.82, 2.24) is 0 Å². The molecule has 0 aromatic heterocycles. The number of carbonyl (C=O) groups is 2. The van der Waals surface area contributed by atoms with Gasteiger partial charge in [0, 0.05) is 36.1 Å². The molecule has 0 radical (unpaired) electrons. The quantitative estimate of drug-likeness (QED) is 0.466. The largest absolute Gasteiger partial charge is 0.416 e. The van der Waals surface area contributed by atoms with Gasteiger partial charge in [0.15, 0.2) is 5.78 Å². The molecule has 6 nitrogen and oxygen atoms in total. The molecule has 1 atom stereocenters. The van der Waals surface area contributed by atoms with Crippen molar-refractivity contribution in [3.8, 4) is 0 Å². The number of ketones is 1. The van der Waals surface area contributed by atoms with E-state index in [1.54, 1.807) is 0 Å². The molecule has 0 saturated carbocycles. The van der Waals surface area contributed by atoms with Crippen LogP contribution >= 0.6 is 0 Å². The molecule has 0 N–H and O–H groups in total. The predicted octanol–water partition coefficient (Wildman–Crippen LogP) is 5.45. The minimum absolute atomic E-state index is 0.105. The monoisotopic (exact) mass is 444 g/mol. The molecule has 1 amide bonds. The number of anilines is 1. The third-order valence-electron chi connectivity index (χ3n) is 5.86. The smallest absolute Gasteiger partial charge is 0.294 e. The van der Waals surface area contributed by atoms with Crippen LogP contribution in [0, 0.1) is 17.0 Å². The Morgan fingerprint density at radius 2 is 1.84 bits per heavy atom. The Hall–Kier alpha value is -3.49. The molecule has 32 heavy (non-hydrogen) atoms.